The summed E-state index contributed by atoms with van der Waals surface area (Å²) in [6.07, 6.45) is 6.90. The van der Waals surface area contributed by atoms with Crippen molar-refractivity contribution in [1.29, 1.82) is 0 Å². The molecule has 2 heteroatoms. The van der Waals surface area contributed by atoms with E-state index in [2.05, 4.69) is 5.92 Å². The van der Waals surface area contributed by atoms with Crippen LogP contribution in [0.2, 0.25) is 0 Å². The van der Waals surface area contributed by atoms with Gasteiger partial charge < -0.3 is 9.84 Å². The summed E-state index contributed by atoms with van der Waals surface area (Å²) in [7, 11) is 0. The van der Waals surface area contributed by atoms with Crippen molar-refractivity contribution in [3.8, 4) is 12.3 Å². The summed E-state index contributed by atoms with van der Waals surface area (Å²) in [5, 5.41) is 8.75. The molecule has 1 heterocycles. The van der Waals surface area contributed by atoms with Crippen LogP contribution in [0, 0.1) is 12.3 Å². The molecule has 0 aromatic heterocycles. The highest BCUT2D eigenvalue weighted by molar-refractivity contribution is 5.10. The fourth-order valence-electron chi connectivity index (χ4n) is 0.982. The summed E-state index contributed by atoms with van der Waals surface area (Å²) < 4.78 is 5.15. The lowest BCUT2D eigenvalue weighted by Gasteiger charge is -2.17. The van der Waals surface area contributed by atoms with Crippen LogP contribution < -0.4 is 0 Å². The quantitative estimate of drug-likeness (QED) is 0.507. The van der Waals surface area contributed by atoms with Crippen molar-refractivity contribution in [3.63, 3.8) is 0 Å². The van der Waals surface area contributed by atoms with Crippen LogP contribution in [-0.2, 0) is 4.74 Å². The largest absolute Gasteiger partial charge is 0.392 e. The maximum atomic E-state index is 8.75. The Labute approximate surface area is 54.8 Å². The lowest BCUT2D eigenvalue weighted by molar-refractivity contribution is 0.00651. The van der Waals surface area contributed by atoms with Gasteiger partial charge in [-0.3, -0.25) is 0 Å². The number of rotatable bonds is 1. The molecule has 0 saturated carbocycles. The van der Waals surface area contributed by atoms with E-state index in [0.717, 1.165) is 12.8 Å². The third kappa shape index (κ3) is 1.07. The first-order valence-electron chi connectivity index (χ1n) is 3.05. The van der Waals surface area contributed by atoms with Crippen LogP contribution in [-0.4, -0.2) is 23.9 Å². The SMILES string of the molecule is C#C[C@@]1(CO)CCCO1. The van der Waals surface area contributed by atoms with E-state index in [0.29, 0.717) is 6.61 Å². The van der Waals surface area contributed by atoms with E-state index in [1.807, 2.05) is 0 Å². The number of aliphatic hydroxyl groups excluding tert-OH is 1. The van der Waals surface area contributed by atoms with Gasteiger partial charge in [-0.25, -0.2) is 0 Å². The second-order valence-corrected chi connectivity index (χ2v) is 2.25. The molecule has 0 spiro atoms. The van der Waals surface area contributed by atoms with Crippen LogP contribution >= 0.6 is 0 Å². The van der Waals surface area contributed by atoms with E-state index in [1.54, 1.807) is 0 Å². The molecule has 50 valence electrons. The lowest BCUT2D eigenvalue weighted by Crippen LogP contribution is -2.29. The maximum absolute atomic E-state index is 8.75. The monoisotopic (exact) mass is 126 g/mol. The van der Waals surface area contributed by atoms with Crippen LogP contribution in [0.1, 0.15) is 12.8 Å². The summed E-state index contributed by atoms with van der Waals surface area (Å²) in [6.45, 7) is 0.633. The fourth-order valence-corrected chi connectivity index (χ4v) is 0.982. The minimum Gasteiger partial charge on any atom is -0.392 e. The van der Waals surface area contributed by atoms with Gasteiger partial charge in [0.05, 0.1) is 6.61 Å². The molecule has 1 rings (SSSR count). The molecular weight excluding hydrogens is 116 g/mol. The molecule has 1 fully saturated rings. The molecule has 1 atom stereocenters. The van der Waals surface area contributed by atoms with Crippen LogP contribution in [0.3, 0.4) is 0 Å². The molecule has 1 saturated heterocycles. The Hall–Kier alpha value is -0.520. The van der Waals surface area contributed by atoms with Crippen LogP contribution in [0.15, 0.2) is 0 Å². The number of hydrogen-bond acceptors (Lipinski definition) is 2. The van der Waals surface area contributed by atoms with Crippen molar-refractivity contribution >= 4 is 0 Å². The number of ether oxygens (including phenoxy) is 1. The Morgan fingerprint density at radius 3 is 2.78 bits per heavy atom. The number of aliphatic hydroxyl groups is 1. The zero-order valence-electron chi connectivity index (χ0n) is 5.26. The zero-order valence-corrected chi connectivity index (χ0v) is 5.26. The summed E-state index contributed by atoms with van der Waals surface area (Å²) in [5.41, 5.74) is -0.639. The average Bonchev–Trinajstić information content (AvgIpc) is 2.36. The topological polar surface area (TPSA) is 29.5 Å². The summed E-state index contributed by atoms with van der Waals surface area (Å²) >= 11 is 0. The highest BCUT2D eigenvalue weighted by Gasteiger charge is 2.31. The Morgan fingerprint density at radius 2 is 2.56 bits per heavy atom. The molecule has 0 aromatic carbocycles. The molecule has 0 aliphatic carbocycles. The first-order chi connectivity index (χ1) is 4.33. The zero-order chi connectivity index (χ0) is 6.74. The minimum absolute atomic E-state index is 0.0521. The Bertz CT molecular complexity index is 128. The predicted molar refractivity (Wildman–Crippen MR) is 33.8 cm³/mol. The molecule has 1 aliphatic heterocycles. The van der Waals surface area contributed by atoms with Crippen molar-refractivity contribution in [1.82, 2.24) is 0 Å². The van der Waals surface area contributed by atoms with Crippen LogP contribution in [0.25, 0.3) is 0 Å². The van der Waals surface area contributed by atoms with E-state index < -0.39 is 5.60 Å². The highest BCUT2D eigenvalue weighted by Crippen LogP contribution is 2.23. The smallest absolute Gasteiger partial charge is 0.151 e. The first kappa shape index (κ1) is 6.60. The van der Waals surface area contributed by atoms with Gasteiger partial charge in [0.25, 0.3) is 0 Å². The van der Waals surface area contributed by atoms with Gasteiger partial charge in [0.2, 0.25) is 0 Å². The average molecular weight is 126 g/mol. The number of terminal acetylenes is 1. The molecule has 0 amide bonds. The molecule has 0 aromatic rings. The van der Waals surface area contributed by atoms with Gasteiger partial charge in [0.15, 0.2) is 5.60 Å². The summed E-state index contributed by atoms with van der Waals surface area (Å²) in [4.78, 5) is 0. The minimum atomic E-state index is -0.639. The normalized spacial score (nSPS) is 34.2. The van der Waals surface area contributed by atoms with Gasteiger partial charge in [0.1, 0.15) is 0 Å². The van der Waals surface area contributed by atoms with Gasteiger partial charge >= 0.3 is 0 Å². The van der Waals surface area contributed by atoms with E-state index in [9.17, 15) is 0 Å². The van der Waals surface area contributed by atoms with E-state index in [4.69, 9.17) is 16.3 Å². The highest BCUT2D eigenvalue weighted by atomic mass is 16.5. The molecule has 2 nitrogen and oxygen atoms in total. The third-order valence-corrected chi connectivity index (χ3v) is 1.62. The van der Waals surface area contributed by atoms with E-state index in [-0.39, 0.29) is 6.61 Å². The van der Waals surface area contributed by atoms with Gasteiger partial charge in [-0.1, -0.05) is 5.92 Å². The third-order valence-electron chi connectivity index (χ3n) is 1.62. The van der Waals surface area contributed by atoms with Gasteiger partial charge in [-0.2, -0.15) is 0 Å². The Kier molecular flexibility index (Phi) is 1.75. The fraction of sp³-hybridized carbons (Fsp3) is 0.714. The van der Waals surface area contributed by atoms with Crippen LogP contribution in [0.5, 0.6) is 0 Å². The van der Waals surface area contributed by atoms with Crippen molar-refractivity contribution in [3.05, 3.63) is 0 Å². The van der Waals surface area contributed by atoms with Gasteiger partial charge in [-0.15, -0.1) is 6.42 Å². The predicted octanol–water partition coefficient (Wildman–Crippen LogP) is 0.161. The summed E-state index contributed by atoms with van der Waals surface area (Å²) in [5.74, 6) is 2.45. The van der Waals surface area contributed by atoms with Crippen LogP contribution in [0.4, 0.5) is 0 Å². The van der Waals surface area contributed by atoms with E-state index in [1.165, 1.54) is 0 Å². The molecule has 9 heavy (non-hydrogen) atoms. The Balaban J connectivity index is 2.59. The second-order valence-electron chi connectivity index (χ2n) is 2.25. The first-order valence-corrected chi connectivity index (χ1v) is 3.05. The van der Waals surface area contributed by atoms with Gasteiger partial charge in [0, 0.05) is 6.61 Å². The standard InChI is InChI=1S/C7H10O2/c1-2-7(6-8)4-3-5-9-7/h1,8H,3-6H2/t7-/m0/s1. The van der Waals surface area contributed by atoms with Crippen molar-refractivity contribution in [2.75, 3.05) is 13.2 Å². The van der Waals surface area contributed by atoms with Crippen molar-refractivity contribution in [2.45, 2.75) is 18.4 Å². The van der Waals surface area contributed by atoms with Crippen molar-refractivity contribution in [2.24, 2.45) is 0 Å². The molecule has 0 unspecified atom stereocenters. The molecular formula is C7H10O2. The summed E-state index contributed by atoms with van der Waals surface area (Å²) in [6, 6.07) is 0. The lowest BCUT2D eigenvalue weighted by atomic mass is 10.0. The second kappa shape index (κ2) is 2.38. The maximum Gasteiger partial charge on any atom is 0.151 e. The number of hydrogen-bond donors (Lipinski definition) is 1. The molecule has 1 aliphatic rings. The van der Waals surface area contributed by atoms with E-state index >= 15 is 0 Å². The Morgan fingerprint density at radius 1 is 1.78 bits per heavy atom. The molecule has 1 N–H and O–H groups in total. The molecule has 0 bridgehead atoms. The van der Waals surface area contributed by atoms with Gasteiger partial charge in [-0.05, 0) is 12.8 Å². The molecule has 0 radical (unpaired) electrons. The van der Waals surface area contributed by atoms with Crippen molar-refractivity contribution < 1.29 is 9.84 Å².